The van der Waals surface area contributed by atoms with Crippen LogP contribution in [0.25, 0.3) is 0 Å². The highest BCUT2D eigenvalue weighted by Crippen LogP contribution is 2.19. The second kappa shape index (κ2) is 5.96. The molecule has 1 heterocycles. The van der Waals surface area contributed by atoms with Gasteiger partial charge in [-0.25, -0.2) is 9.18 Å². The maximum absolute atomic E-state index is 12.8. The molecule has 0 spiro atoms. The Hall–Kier alpha value is -2.35. The molecule has 0 saturated carbocycles. The van der Waals surface area contributed by atoms with Crippen molar-refractivity contribution in [2.24, 2.45) is 7.05 Å². The normalized spacial score (nSPS) is 10.6. The molecular formula is C13H12FN3O3S. The number of carbonyl (C=O) groups excluding carboxylic acids is 1. The van der Waals surface area contributed by atoms with E-state index in [1.54, 1.807) is 0 Å². The Morgan fingerprint density at radius 1 is 1.33 bits per heavy atom. The Kier molecular flexibility index (Phi) is 4.27. The van der Waals surface area contributed by atoms with Gasteiger partial charge in [-0.05, 0) is 24.3 Å². The smallest absolute Gasteiger partial charge is 0.329 e. The molecule has 0 fully saturated rings. The Labute approximate surface area is 122 Å². The van der Waals surface area contributed by atoms with E-state index < -0.39 is 17.0 Å². The summed E-state index contributed by atoms with van der Waals surface area (Å²) in [6.45, 7) is 0. The first-order valence-electron chi connectivity index (χ1n) is 5.90. The van der Waals surface area contributed by atoms with Gasteiger partial charge in [0.2, 0.25) is 0 Å². The fourth-order valence-electron chi connectivity index (χ4n) is 1.66. The van der Waals surface area contributed by atoms with Crippen molar-refractivity contribution in [1.82, 2.24) is 9.55 Å². The summed E-state index contributed by atoms with van der Waals surface area (Å²) in [5.41, 5.74) is 3.91. The average Bonchev–Trinajstić information content (AvgIpc) is 2.44. The van der Waals surface area contributed by atoms with Crippen LogP contribution < -0.4 is 17.0 Å². The molecule has 110 valence electrons. The number of aromatic amines is 1. The first-order chi connectivity index (χ1) is 9.90. The molecule has 3 N–H and O–H groups in total. The number of thioether (sulfide) groups is 1. The molecule has 0 atom stereocenters. The van der Waals surface area contributed by atoms with Crippen LogP contribution in [0.2, 0.25) is 0 Å². The summed E-state index contributed by atoms with van der Waals surface area (Å²) in [6, 6.07) is 5.61. The Morgan fingerprint density at radius 3 is 2.57 bits per heavy atom. The van der Waals surface area contributed by atoms with Gasteiger partial charge in [0.25, 0.3) is 5.56 Å². The number of hydrogen-bond donors (Lipinski definition) is 2. The van der Waals surface area contributed by atoms with E-state index in [2.05, 4.69) is 0 Å². The Bertz CT molecular complexity index is 796. The summed E-state index contributed by atoms with van der Waals surface area (Å²) < 4.78 is 13.8. The molecule has 6 nitrogen and oxygen atoms in total. The van der Waals surface area contributed by atoms with Crippen molar-refractivity contribution in [1.29, 1.82) is 0 Å². The van der Waals surface area contributed by atoms with Crippen LogP contribution in [0, 0.1) is 5.82 Å². The number of nitrogens with two attached hydrogens (primary N) is 1. The minimum atomic E-state index is -0.805. The van der Waals surface area contributed by atoms with Crippen molar-refractivity contribution in [3.8, 4) is 0 Å². The standard InChI is InChI=1S/C13H12FN3O3S/c1-17-11(15)10(12(19)16-13(17)20)9(18)6-21-8-4-2-7(14)3-5-8/h2-5H,6,15H2,1H3,(H,16,19,20). The third kappa shape index (κ3) is 3.22. The predicted molar refractivity (Wildman–Crippen MR) is 78.2 cm³/mol. The minimum Gasteiger partial charge on any atom is -0.384 e. The highest BCUT2D eigenvalue weighted by atomic mass is 32.2. The van der Waals surface area contributed by atoms with Crippen molar-refractivity contribution >= 4 is 23.4 Å². The lowest BCUT2D eigenvalue weighted by Gasteiger charge is -2.07. The quantitative estimate of drug-likeness (QED) is 0.642. The van der Waals surface area contributed by atoms with E-state index in [0.29, 0.717) is 4.90 Å². The number of benzene rings is 1. The van der Waals surface area contributed by atoms with Crippen LogP contribution in [-0.4, -0.2) is 21.1 Å². The zero-order valence-corrected chi connectivity index (χ0v) is 11.9. The molecule has 2 rings (SSSR count). The van der Waals surface area contributed by atoms with Gasteiger partial charge >= 0.3 is 5.69 Å². The maximum Gasteiger partial charge on any atom is 0.329 e. The molecule has 1 aromatic heterocycles. The molecule has 0 bridgehead atoms. The SMILES string of the molecule is Cn1c(N)c(C(=O)CSc2ccc(F)cc2)c(=O)[nH]c1=O. The van der Waals surface area contributed by atoms with Gasteiger partial charge in [0.15, 0.2) is 5.78 Å². The number of rotatable bonds is 4. The second-order valence-corrected chi connectivity index (χ2v) is 5.29. The van der Waals surface area contributed by atoms with Gasteiger partial charge in [0.1, 0.15) is 17.2 Å². The molecule has 8 heteroatoms. The van der Waals surface area contributed by atoms with Gasteiger partial charge in [-0.3, -0.25) is 19.1 Å². The lowest BCUT2D eigenvalue weighted by atomic mass is 10.2. The molecule has 0 aliphatic rings. The first-order valence-corrected chi connectivity index (χ1v) is 6.89. The molecule has 0 unspecified atom stereocenters. The average molecular weight is 309 g/mol. The van der Waals surface area contributed by atoms with Gasteiger partial charge in [0, 0.05) is 11.9 Å². The summed E-state index contributed by atoms with van der Waals surface area (Å²) in [7, 11) is 1.36. The number of Topliss-reactive ketones (excluding diaryl/α,β-unsaturated/α-hetero) is 1. The fourth-order valence-corrected chi connectivity index (χ4v) is 2.43. The summed E-state index contributed by atoms with van der Waals surface area (Å²) in [4.78, 5) is 37.8. The van der Waals surface area contributed by atoms with E-state index in [1.165, 1.54) is 31.3 Å². The summed E-state index contributed by atoms with van der Waals surface area (Å²) in [5, 5.41) is 0. The summed E-state index contributed by atoms with van der Waals surface area (Å²) in [5.74, 6) is -1.09. The second-order valence-electron chi connectivity index (χ2n) is 4.24. The molecule has 0 aliphatic heterocycles. The third-order valence-electron chi connectivity index (χ3n) is 2.83. The number of hydrogen-bond acceptors (Lipinski definition) is 5. The van der Waals surface area contributed by atoms with Crippen LogP contribution in [0.5, 0.6) is 0 Å². The highest BCUT2D eigenvalue weighted by molar-refractivity contribution is 8.00. The van der Waals surface area contributed by atoms with E-state index in [0.717, 1.165) is 16.3 Å². The van der Waals surface area contributed by atoms with Gasteiger partial charge in [-0.1, -0.05) is 0 Å². The molecule has 2 aromatic rings. The fraction of sp³-hybridized carbons (Fsp3) is 0.154. The molecule has 21 heavy (non-hydrogen) atoms. The number of halogens is 1. The van der Waals surface area contributed by atoms with Crippen LogP contribution in [0.3, 0.4) is 0 Å². The zero-order chi connectivity index (χ0) is 15.6. The van der Waals surface area contributed by atoms with Crippen LogP contribution in [0.15, 0.2) is 38.8 Å². The van der Waals surface area contributed by atoms with Crippen molar-refractivity contribution in [2.45, 2.75) is 4.90 Å². The van der Waals surface area contributed by atoms with Crippen LogP contribution >= 0.6 is 11.8 Å². The number of anilines is 1. The minimum absolute atomic E-state index is 0.0445. The van der Waals surface area contributed by atoms with Crippen molar-refractivity contribution in [3.63, 3.8) is 0 Å². The topological polar surface area (TPSA) is 97.9 Å². The van der Waals surface area contributed by atoms with Crippen LogP contribution in [-0.2, 0) is 7.05 Å². The summed E-state index contributed by atoms with van der Waals surface area (Å²) >= 11 is 1.15. The predicted octanol–water partition coefficient (Wildman–Crippen LogP) is 0.770. The lowest BCUT2D eigenvalue weighted by Crippen LogP contribution is -2.35. The summed E-state index contributed by atoms with van der Waals surface area (Å²) in [6.07, 6.45) is 0. The number of nitrogen functional groups attached to an aromatic ring is 1. The van der Waals surface area contributed by atoms with Crippen molar-refractivity contribution < 1.29 is 9.18 Å². The van der Waals surface area contributed by atoms with Gasteiger partial charge in [-0.15, -0.1) is 11.8 Å². The lowest BCUT2D eigenvalue weighted by molar-refractivity contribution is 0.102. The van der Waals surface area contributed by atoms with E-state index in [9.17, 15) is 18.8 Å². The molecule has 0 radical (unpaired) electrons. The largest absolute Gasteiger partial charge is 0.384 e. The monoisotopic (exact) mass is 309 g/mol. The van der Waals surface area contributed by atoms with Crippen molar-refractivity contribution in [2.75, 3.05) is 11.5 Å². The molecule has 0 aliphatic carbocycles. The number of H-pyrrole nitrogens is 1. The molecular weight excluding hydrogens is 297 g/mol. The Balaban J connectivity index is 2.22. The van der Waals surface area contributed by atoms with Gasteiger partial charge in [0.05, 0.1) is 5.75 Å². The number of nitrogens with zero attached hydrogens (tertiary/aromatic N) is 1. The van der Waals surface area contributed by atoms with Crippen LogP contribution in [0.1, 0.15) is 10.4 Å². The third-order valence-corrected chi connectivity index (χ3v) is 3.84. The molecule has 0 amide bonds. The Morgan fingerprint density at radius 2 is 1.95 bits per heavy atom. The van der Waals surface area contributed by atoms with E-state index in [-0.39, 0.29) is 23.0 Å². The number of aromatic nitrogens is 2. The van der Waals surface area contributed by atoms with E-state index in [1.807, 2.05) is 4.98 Å². The van der Waals surface area contributed by atoms with Gasteiger partial charge in [-0.2, -0.15) is 0 Å². The number of carbonyl (C=O) groups is 1. The molecule has 0 saturated heterocycles. The first kappa shape index (κ1) is 15.0. The molecule has 1 aromatic carbocycles. The van der Waals surface area contributed by atoms with Crippen molar-refractivity contribution in [3.05, 3.63) is 56.5 Å². The number of ketones is 1. The van der Waals surface area contributed by atoms with E-state index in [4.69, 9.17) is 5.73 Å². The maximum atomic E-state index is 12.8. The van der Waals surface area contributed by atoms with E-state index >= 15 is 0 Å². The van der Waals surface area contributed by atoms with Crippen LogP contribution in [0.4, 0.5) is 10.2 Å². The zero-order valence-electron chi connectivity index (χ0n) is 11.1. The number of nitrogens with one attached hydrogen (secondary N) is 1. The highest BCUT2D eigenvalue weighted by Gasteiger charge is 2.18. The van der Waals surface area contributed by atoms with Gasteiger partial charge < -0.3 is 5.73 Å².